The molecule has 0 aliphatic rings. The van der Waals surface area contributed by atoms with Gasteiger partial charge in [-0.3, -0.25) is 4.79 Å². The highest BCUT2D eigenvalue weighted by Crippen LogP contribution is 2.19. The second-order valence-corrected chi connectivity index (χ2v) is 5.55. The molecule has 0 aliphatic carbocycles. The summed E-state index contributed by atoms with van der Waals surface area (Å²) in [6, 6.07) is 4.08. The van der Waals surface area contributed by atoms with E-state index in [-0.39, 0.29) is 11.6 Å². The molecule has 1 aromatic carbocycles. The van der Waals surface area contributed by atoms with Gasteiger partial charge in [0.2, 0.25) is 5.91 Å². The van der Waals surface area contributed by atoms with Crippen molar-refractivity contribution >= 4 is 35.0 Å². The molecule has 1 amide bonds. The van der Waals surface area contributed by atoms with Crippen molar-refractivity contribution in [2.75, 3.05) is 16.8 Å². The number of nitrogens with one attached hydrogen (secondary N) is 1. The molecule has 0 radical (unpaired) electrons. The minimum atomic E-state index is -0.475. The van der Waals surface area contributed by atoms with E-state index in [1.54, 1.807) is 0 Å². The summed E-state index contributed by atoms with van der Waals surface area (Å²) in [7, 11) is 0. The third-order valence-corrected chi connectivity index (χ3v) is 3.49. The van der Waals surface area contributed by atoms with E-state index in [0.29, 0.717) is 16.7 Å². The second-order valence-electron chi connectivity index (χ2n) is 4.08. The molecule has 0 fully saturated rings. The van der Waals surface area contributed by atoms with Crippen LogP contribution in [0.1, 0.15) is 13.8 Å². The molecule has 0 aromatic heterocycles. The third kappa shape index (κ3) is 5.41. The van der Waals surface area contributed by atoms with Gasteiger partial charge in [0, 0.05) is 5.02 Å². The Kier molecular flexibility index (Phi) is 5.78. The maximum Gasteiger partial charge on any atom is 0.234 e. The van der Waals surface area contributed by atoms with Crippen LogP contribution in [0.5, 0.6) is 0 Å². The zero-order valence-corrected chi connectivity index (χ0v) is 11.4. The molecule has 0 spiro atoms. The highest BCUT2D eigenvalue weighted by molar-refractivity contribution is 7.99. The van der Waals surface area contributed by atoms with Crippen molar-refractivity contribution in [1.82, 2.24) is 0 Å². The molecule has 0 bridgehead atoms. The Labute approximate surface area is 110 Å². The minimum absolute atomic E-state index is 0.132. The van der Waals surface area contributed by atoms with E-state index < -0.39 is 5.82 Å². The quantitative estimate of drug-likeness (QED) is 0.885. The molecule has 5 heteroatoms. The molecular formula is C12H15ClFNOS. The minimum Gasteiger partial charge on any atom is -0.323 e. The lowest BCUT2D eigenvalue weighted by Crippen LogP contribution is -2.15. The van der Waals surface area contributed by atoms with Crippen molar-refractivity contribution in [3.8, 4) is 0 Å². The van der Waals surface area contributed by atoms with Gasteiger partial charge in [-0.15, -0.1) is 0 Å². The van der Waals surface area contributed by atoms with Crippen LogP contribution in [-0.4, -0.2) is 17.4 Å². The van der Waals surface area contributed by atoms with Gasteiger partial charge >= 0.3 is 0 Å². The van der Waals surface area contributed by atoms with Gasteiger partial charge in [0.25, 0.3) is 0 Å². The summed E-state index contributed by atoms with van der Waals surface area (Å²) >= 11 is 7.25. The number of anilines is 1. The number of rotatable bonds is 5. The topological polar surface area (TPSA) is 29.1 Å². The van der Waals surface area contributed by atoms with Crippen LogP contribution in [0.2, 0.25) is 5.02 Å². The van der Waals surface area contributed by atoms with Crippen LogP contribution >= 0.6 is 23.4 Å². The van der Waals surface area contributed by atoms with Gasteiger partial charge < -0.3 is 5.32 Å². The monoisotopic (exact) mass is 275 g/mol. The van der Waals surface area contributed by atoms with Gasteiger partial charge in [-0.1, -0.05) is 25.4 Å². The summed E-state index contributed by atoms with van der Waals surface area (Å²) in [5.41, 5.74) is 0.132. The lowest BCUT2D eigenvalue weighted by Gasteiger charge is -2.07. The first-order valence-electron chi connectivity index (χ1n) is 5.31. The van der Waals surface area contributed by atoms with E-state index in [1.165, 1.54) is 30.0 Å². The molecule has 0 aliphatic heterocycles. The molecule has 1 aromatic rings. The number of amides is 1. The highest BCUT2D eigenvalue weighted by Gasteiger charge is 2.08. The molecule has 0 unspecified atom stereocenters. The maximum absolute atomic E-state index is 13.3. The molecule has 0 atom stereocenters. The fraction of sp³-hybridized carbons (Fsp3) is 0.417. The zero-order valence-electron chi connectivity index (χ0n) is 9.80. The first kappa shape index (κ1) is 14.3. The molecule has 17 heavy (non-hydrogen) atoms. The van der Waals surface area contributed by atoms with E-state index in [0.717, 1.165) is 5.75 Å². The van der Waals surface area contributed by atoms with Gasteiger partial charge in [-0.25, -0.2) is 4.39 Å². The molecule has 1 rings (SSSR count). The Bertz CT molecular complexity index is 398. The largest absolute Gasteiger partial charge is 0.323 e. The van der Waals surface area contributed by atoms with Crippen molar-refractivity contribution in [1.29, 1.82) is 0 Å². The predicted octanol–water partition coefficient (Wildman–Crippen LogP) is 3.81. The fourth-order valence-corrected chi connectivity index (χ4v) is 2.19. The molecule has 0 heterocycles. The molecule has 0 saturated heterocycles. The van der Waals surface area contributed by atoms with Gasteiger partial charge in [-0.05, 0) is 29.9 Å². The number of carbonyl (C=O) groups excluding carboxylic acids is 1. The van der Waals surface area contributed by atoms with E-state index in [9.17, 15) is 9.18 Å². The summed E-state index contributed by atoms with van der Waals surface area (Å²) in [5, 5.41) is 2.91. The van der Waals surface area contributed by atoms with Crippen LogP contribution in [0.25, 0.3) is 0 Å². The van der Waals surface area contributed by atoms with Crippen molar-refractivity contribution in [3.63, 3.8) is 0 Å². The smallest absolute Gasteiger partial charge is 0.234 e. The molecule has 1 N–H and O–H groups in total. The van der Waals surface area contributed by atoms with Gasteiger partial charge in [0.05, 0.1) is 11.4 Å². The third-order valence-electron chi connectivity index (χ3n) is 1.89. The predicted molar refractivity (Wildman–Crippen MR) is 72.2 cm³/mol. The Morgan fingerprint density at radius 1 is 1.53 bits per heavy atom. The molecule has 2 nitrogen and oxygen atoms in total. The summed E-state index contributed by atoms with van der Waals surface area (Å²) in [6.45, 7) is 4.17. The van der Waals surface area contributed by atoms with Crippen molar-refractivity contribution in [3.05, 3.63) is 29.0 Å². The summed E-state index contributed by atoms with van der Waals surface area (Å²) in [5.74, 6) is 1.08. The molecule has 94 valence electrons. The molecule has 0 saturated carbocycles. The lowest BCUT2D eigenvalue weighted by atomic mass is 10.3. The zero-order chi connectivity index (χ0) is 12.8. The first-order chi connectivity index (χ1) is 7.99. The van der Waals surface area contributed by atoms with Crippen LogP contribution < -0.4 is 5.32 Å². The number of thioether (sulfide) groups is 1. The van der Waals surface area contributed by atoms with Crippen molar-refractivity contribution in [2.45, 2.75) is 13.8 Å². The molecular weight excluding hydrogens is 261 g/mol. The lowest BCUT2D eigenvalue weighted by molar-refractivity contribution is -0.113. The standard InChI is InChI=1S/C12H15ClFNOS/c1-8(2)6-17-7-12(16)15-11-5-9(13)3-4-10(11)14/h3-5,8H,6-7H2,1-2H3,(H,15,16). The normalized spacial score (nSPS) is 10.6. The van der Waals surface area contributed by atoms with Crippen LogP contribution in [0.3, 0.4) is 0 Å². The van der Waals surface area contributed by atoms with Crippen LogP contribution in [-0.2, 0) is 4.79 Å². The number of benzene rings is 1. The van der Waals surface area contributed by atoms with Gasteiger partial charge in [-0.2, -0.15) is 11.8 Å². The van der Waals surface area contributed by atoms with Crippen LogP contribution in [0.15, 0.2) is 18.2 Å². The first-order valence-corrected chi connectivity index (χ1v) is 6.85. The summed E-state index contributed by atoms with van der Waals surface area (Å²) in [4.78, 5) is 11.5. The average molecular weight is 276 g/mol. The maximum atomic E-state index is 13.3. The van der Waals surface area contributed by atoms with E-state index in [1.807, 2.05) is 0 Å². The van der Waals surface area contributed by atoms with Crippen LogP contribution in [0, 0.1) is 11.7 Å². The Morgan fingerprint density at radius 2 is 2.24 bits per heavy atom. The Balaban J connectivity index is 2.47. The SMILES string of the molecule is CC(C)CSCC(=O)Nc1cc(Cl)ccc1F. The fourth-order valence-electron chi connectivity index (χ4n) is 1.17. The van der Waals surface area contributed by atoms with Crippen molar-refractivity contribution < 1.29 is 9.18 Å². The van der Waals surface area contributed by atoms with Gasteiger partial charge in [0.15, 0.2) is 0 Å². The Hall–Kier alpha value is -0.740. The number of carbonyl (C=O) groups is 1. The van der Waals surface area contributed by atoms with E-state index in [2.05, 4.69) is 19.2 Å². The highest BCUT2D eigenvalue weighted by atomic mass is 35.5. The Morgan fingerprint density at radius 3 is 2.88 bits per heavy atom. The average Bonchev–Trinajstić information content (AvgIpc) is 2.23. The number of halogens is 2. The summed E-state index contributed by atoms with van der Waals surface area (Å²) < 4.78 is 13.3. The van der Waals surface area contributed by atoms with Crippen LogP contribution in [0.4, 0.5) is 10.1 Å². The summed E-state index contributed by atoms with van der Waals surface area (Å²) in [6.07, 6.45) is 0. The number of hydrogen-bond acceptors (Lipinski definition) is 2. The van der Waals surface area contributed by atoms with E-state index in [4.69, 9.17) is 11.6 Å². The van der Waals surface area contributed by atoms with E-state index >= 15 is 0 Å². The van der Waals surface area contributed by atoms with Gasteiger partial charge in [0.1, 0.15) is 5.82 Å². The second kappa shape index (κ2) is 6.87. The van der Waals surface area contributed by atoms with Crippen molar-refractivity contribution in [2.24, 2.45) is 5.92 Å². The number of hydrogen-bond donors (Lipinski definition) is 1.